The van der Waals surface area contributed by atoms with Crippen molar-refractivity contribution in [3.8, 4) is 11.1 Å². The van der Waals surface area contributed by atoms with Crippen molar-refractivity contribution < 1.29 is 4.79 Å². The van der Waals surface area contributed by atoms with Crippen LogP contribution in [-0.4, -0.2) is 31.8 Å². The van der Waals surface area contributed by atoms with E-state index in [0.29, 0.717) is 36.2 Å². The number of carbonyl (C=O) groups is 1. The zero-order chi connectivity index (χ0) is 25.9. The van der Waals surface area contributed by atoms with Gasteiger partial charge in [-0.1, -0.05) is 84.9 Å². The first kappa shape index (κ1) is 23.4. The van der Waals surface area contributed by atoms with E-state index in [9.17, 15) is 9.59 Å². The highest BCUT2D eigenvalue weighted by Gasteiger charge is 2.12. The van der Waals surface area contributed by atoms with E-state index < -0.39 is 0 Å². The molecule has 0 saturated heterocycles. The number of nitrogens with one attached hydrogen (secondary N) is 1. The summed E-state index contributed by atoms with van der Waals surface area (Å²) < 4.78 is 3.26. The van der Waals surface area contributed by atoms with Gasteiger partial charge in [0.25, 0.3) is 11.5 Å². The van der Waals surface area contributed by atoms with Gasteiger partial charge in [0.2, 0.25) is 0 Å². The number of amides is 1. The van der Waals surface area contributed by atoms with Crippen LogP contribution in [0, 0.1) is 0 Å². The van der Waals surface area contributed by atoms with Gasteiger partial charge in [0.1, 0.15) is 11.7 Å². The number of carbonyl (C=O) groups excluding carboxylic acids is 1. The van der Waals surface area contributed by atoms with E-state index in [0.717, 1.165) is 27.5 Å². The minimum Gasteiger partial charge on any atom is -0.350 e. The average Bonchev–Trinajstić information content (AvgIpc) is 3.39. The summed E-state index contributed by atoms with van der Waals surface area (Å²) in [5.41, 5.74) is 4.17. The molecule has 0 fully saturated rings. The van der Waals surface area contributed by atoms with Gasteiger partial charge in [-0.15, -0.1) is 0 Å². The van der Waals surface area contributed by atoms with Crippen molar-refractivity contribution in [2.45, 2.75) is 13.1 Å². The number of fused-ring (bicyclic) bond motifs is 2. The number of hydrogen-bond donors (Lipinski definition) is 1. The Labute approximate surface area is 219 Å². The SMILES string of the molecule is O=C(NCCn1ncc2c(=O)n(Cc3cccc4ccccc34)cnc21)c1ccc(-c2ccccc2)cc1. The third kappa shape index (κ3) is 4.57. The fourth-order valence-electron chi connectivity index (χ4n) is 4.71. The molecular weight excluding hydrogens is 474 g/mol. The second-order valence-corrected chi connectivity index (χ2v) is 9.12. The summed E-state index contributed by atoms with van der Waals surface area (Å²) in [5, 5.41) is 9.99. The standard InChI is InChI=1S/C31H25N5O2/c37-30(25-15-13-23(14-16-25)22-7-2-1-3-8-22)32-17-18-36-29-28(19-34-36)31(38)35(21-33-29)20-26-11-6-10-24-9-4-5-12-27(24)26/h1-16,19,21H,17-18,20H2,(H,32,37). The normalized spacial score (nSPS) is 11.2. The summed E-state index contributed by atoms with van der Waals surface area (Å²) in [6.07, 6.45) is 3.12. The molecular formula is C31H25N5O2. The largest absolute Gasteiger partial charge is 0.350 e. The highest BCUT2D eigenvalue weighted by molar-refractivity contribution is 5.94. The van der Waals surface area contributed by atoms with Gasteiger partial charge in [0.15, 0.2) is 5.65 Å². The van der Waals surface area contributed by atoms with Gasteiger partial charge in [-0.3, -0.25) is 14.2 Å². The molecule has 0 saturated carbocycles. The molecule has 2 aromatic heterocycles. The summed E-state index contributed by atoms with van der Waals surface area (Å²) in [6, 6.07) is 31.8. The maximum absolute atomic E-state index is 13.2. The van der Waals surface area contributed by atoms with Crippen LogP contribution in [0.3, 0.4) is 0 Å². The van der Waals surface area contributed by atoms with E-state index in [1.165, 1.54) is 0 Å². The second kappa shape index (κ2) is 10.1. The third-order valence-corrected chi connectivity index (χ3v) is 6.71. The van der Waals surface area contributed by atoms with Crippen LogP contribution in [0.1, 0.15) is 15.9 Å². The Morgan fingerprint density at radius 3 is 2.37 bits per heavy atom. The first-order chi connectivity index (χ1) is 18.7. The second-order valence-electron chi connectivity index (χ2n) is 9.12. The van der Waals surface area contributed by atoms with Crippen molar-refractivity contribution >= 4 is 27.7 Å². The number of nitrogens with zero attached hydrogens (tertiary/aromatic N) is 4. The molecule has 1 N–H and O–H groups in total. The van der Waals surface area contributed by atoms with E-state index >= 15 is 0 Å². The van der Waals surface area contributed by atoms with Crippen LogP contribution in [0.2, 0.25) is 0 Å². The monoisotopic (exact) mass is 499 g/mol. The lowest BCUT2D eigenvalue weighted by atomic mass is 10.0. The van der Waals surface area contributed by atoms with Crippen LogP contribution in [0.4, 0.5) is 0 Å². The van der Waals surface area contributed by atoms with E-state index in [-0.39, 0.29) is 11.5 Å². The Morgan fingerprint density at radius 2 is 1.53 bits per heavy atom. The van der Waals surface area contributed by atoms with Gasteiger partial charge in [0, 0.05) is 12.1 Å². The molecule has 0 atom stereocenters. The number of benzene rings is 4. The van der Waals surface area contributed by atoms with E-state index in [1.807, 2.05) is 78.9 Å². The van der Waals surface area contributed by atoms with Gasteiger partial charge in [-0.25, -0.2) is 9.67 Å². The van der Waals surface area contributed by atoms with Crippen molar-refractivity contribution in [1.29, 1.82) is 0 Å². The van der Waals surface area contributed by atoms with Crippen LogP contribution in [0.25, 0.3) is 32.9 Å². The topological polar surface area (TPSA) is 81.8 Å². The molecule has 7 nitrogen and oxygen atoms in total. The molecule has 38 heavy (non-hydrogen) atoms. The Hall–Kier alpha value is -5.04. The highest BCUT2D eigenvalue weighted by atomic mass is 16.1. The van der Waals surface area contributed by atoms with Crippen molar-refractivity contribution in [2.24, 2.45) is 0 Å². The fraction of sp³-hybridized carbons (Fsp3) is 0.0968. The molecule has 0 aliphatic heterocycles. The minimum absolute atomic E-state index is 0.142. The first-order valence-corrected chi connectivity index (χ1v) is 12.5. The lowest BCUT2D eigenvalue weighted by Gasteiger charge is -2.10. The molecule has 7 heteroatoms. The highest BCUT2D eigenvalue weighted by Crippen LogP contribution is 2.20. The van der Waals surface area contributed by atoms with Crippen molar-refractivity contribution in [1.82, 2.24) is 24.6 Å². The van der Waals surface area contributed by atoms with Gasteiger partial charge in [0.05, 0.1) is 19.3 Å². The molecule has 0 aliphatic carbocycles. The summed E-state index contributed by atoms with van der Waals surface area (Å²) >= 11 is 0. The fourth-order valence-corrected chi connectivity index (χ4v) is 4.71. The maximum atomic E-state index is 13.2. The molecule has 0 unspecified atom stereocenters. The number of hydrogen-bond acceptors (Lipinski definition) is 4. The average molecular weight is 500 g/mol. The third-order valence-electron chi connectivity index (χ3n) is 6.71. The first-order valence-electron chi connectivity index (χ1n) is 12.5. The predicted molar refractivity (Wildman–Crippen MR) is 149 cm³/mol. The Morgan fingerprint density at radius 1 is 0.789 bits per heavy atom. The van der Waals surface area contributed by atoms with Gasteiger partial charge >= 0.3 is 0 Å². The molecule has 6 aromatic rings. The molecule has 6 rings (SSSR count). The Kier molecular flexibility index (Phi) is 6.24. The summed E-state index contributed by atoms with van der Waals surface area (Å²) in [5.74, 6) is -0.161. The molecule has 0 radical (unpaired) electrons. The minimum atomic E-state index is -0.161. The molecule has 1 amide bonds. The number of aromatic nitrogens is 4. The van der Waals surface area contributed by atoms with Gasteiger partial charge in [-0.2, -0.15) is 5.10 Å². The maximum Gasteiger partial charge on any atom is 0.264 e. The van der Waals surface area contributed by atoms with Crippen LogP contribution in [0.5, 0.6) is 0 Å². The van der Waals surface area contributed by atoms with Crippen LogP contribution in [0.15, 0.2) is 114 Å². The smallest absolute Gasteiger partial charge is 0.264 e. The van der Waals surface area contributed by atoms with Gasteiger partial charge in [-0.05, 0) is 39.6 Å². The van der Waals surface area contributed by atoms with Crippen molar-refractivity contribution in [3.05, 3.63) is 131 Å². The van der Waals surface area contributed by atoms with E-state index in [1.54, 1.807) is 21.8 Å². The zero-order valence-corrected chi connectivity index (χ0v) is 20.6. The summed E-state index contributed by atoms with van der Waals surface area (Å²) in [4.78, 5) is 30.3. The molecule has 2 heterocycles. The number of rotatable bonds is 7. The van der Waals surface area contributed by atoms with Crippen LogP contribution in [-0.2, 0) is 13.1 Å². The molecule has 0 aliphatic rings. The van der Waals surface area contributed by atoms with Gasteiger partial charge < -0.3 is 5.32 Å². The molecule has 4 aromatic carbocycles. The molecule has 186 valence electrons. The lowest BCUT2D eigenvalue weighted by Crippen LogP contribution is -2.27. The Bertz CT molecular complexity index is 1800. The van der Waals surface area contributed by atoms with Crippen molar-refractivity contribution in [2.75, 3.05) is 6.54 Å². The Balaban J connectivity index is 1.13. The summed E-state index contributed by atoms with van der Waals surface area (Å²) in [7, 11) is 0. The van der Waals surface area contributed by atoms with Crippen LogP contribution < -0.4 is 10.9 Å². The molecule has 0 bridgehead atoms. The zero-order valence-electron chi connectivity index (χ0n) is 20.6. The molecule has 0 spiro atoms. The van der Waals surface area contributed by atoms with Crippen molar-refractivity contribution in [3.63, 3.8) is 0 Å². The predicted octanol–water partition coefficient (Wildman–Crippen LogP) is 4.89. The summed E-state index contributed by atoms with van der Waals surface area (Å²) in [6.45, 7) is 1.18. The van der Waals surface area contributed by atoms with Crippen LogP contribution >= 0.6 is 0 Å². The van der Waals surface area contributed by atoms with E-state index in [4.69, 9.17) is 0 Å². The lowest BCUT2D eigenvalue weighted by molar-refractivity contribution is 0.0952. The van der Waals surface area contributed by atoms with E-state index in [2.05, 4.69) is 33.6 Å². The quantitative estimate of drug-likeness (QED) is 0.339.